The molecule has 0 aliphatic heterocycles. The van der Waals surface area contributed by atoms with Gasteiger partial charge in [0, 0.05) is 34.1 Å². The van der Waals surface area contributed by atoms with Gasteiger partial charge in [0.15, 0.2) is 0 Å². The number of halogens is 1. The number of ether oxygens (including phenoxy) is 1. The first kappa shape index (κ1) is 20.4. The molecule has 0 fully saturated rings. The third-order valence-corrected chi connectivity index (χ3v) is 4.90. The van der Waals surface area contributed by atoms with E-state index >= 15 is 0 Å². The summed E-state index contributed by atoms with van der Waals surface area (Å²) in [7, 11) is 1.63. The molecule has 0 atom stereocenters. The molecule has 1 N–H and O–H groups in total. The molecule has 0 unspecified atom stereocenters. The van der Waals surface area contributed by atoms with Gasteiger partial charge in [0.05, 0.1) is 18.5 Å². The van der Waals surface area contributed by atoms with Gasteiger partial charge in [-0.15, -0.1) is 0 Å². The lowest BCUT2D eigenvalue weighted by Crippen LogP contribution is -2.07. The normalized spacial score (nSPS) is 10.9. The monoisotopic (exact) mass is 429 g/mol. The number of methoxy groups -OCH3 is 1. The Morgan fingerprint density at radius 3 is 2.39 bits per heavy atom. The molecule has 0 bridgehead atoms. The van der Waals surface area contributed by atoms with Gasteiger partial charge in [-0.05, 0) is 66.7 Å². The predicted octanol–water partition coefficient (Wildman–Crippen LogP) is 5.85. The van der Waals surface area contributed by atoms with E-state index in [1.165, 1.54) is 6.08 Å². The lowest BCUT2D eigenvalue weighted by Gasteiger charge is -2.03. The molecule has 0 radical (unpaired) electrons. The molecule has 5 nitrogen and oxygen atoms in total. The van der Waals surface area contributed by atoms with Crippen LogP contribution in [-0.2, 0) is 4.79 Å². The Bertz CT molecular complexity index is 1200. The number of aromatic nitrogens is 2. The summed E-state index contributed by atoms with van der Waals surface area (Å²) in [5.74, 6) is 0.529. The maximum absolute atomic E-state index is 12.4. The summed E-state index contributed by atoms with van der Waals surface area (Å²) < 4.78 is 7.05. The molecule has 154 valence electrons. The van der Waals surface area contributed by atoms with E-state index in [4.69, 9.17) is 21.4 Å². The number of carbonyl (C=O) groups is 1. The Kier molecular flexibility index (Phi) is 6.15. The summed E-state index contributed by atoms with van der Waals surface area (Å²) in [6, 6.07) is 24.5. The van der Waals surface area contributed by atoms with Crippen molar-refractivity contribution in [2.75, 3.05) is 12.4 Å². The highest BCUT2D eigenvalue weighted by Gasteiger charge is 2.11. The molecule has 1 heterocycles. The summed E-state index contributed by atoms with van der Waals surface area (Å²) in [5.41, 5.74) is 4.12. The molecular formula is C25H20ClN3O2. The third-order valence-electron chi connectivity index (χ3n) is 4.65. The summed E-state index contributed by atoms with van der Waals surface area (Å²) in [5, 5.41) is 8.20. The van der Waals surface area contributed by atoms with E-state index in [0.717, 1.165) is 28.3 Å². The Morgan fingerprint density at radius 2 is 1.71 bits per heavy atom. The fraction of sp³-hybridized carbons (Fsp3) is 0.0400. The van der Waals surface area contributed by atoms with Crippen molar-refractivity contribution in [1.82, 2.24) is 9.78 Å². The minimum Gasteiger partial charge on any atom is -0.497 e. The minimum absolute atomic E-state index is 0.240. The first-order chi connectivity index (χ1) is 15.1. The Balaban J connectivity index is 1.64. The fourth-order valence-electron chi connectivity index (χ4n) is 3.08. The van der Waals surface area contributed by atoms with Crippen LogP contribution in [0.1, 0.15) is 5.56 Å². The fourth-order valence-corrected chi connectivity index (χ4v) is 3.20. The van der Waals surface area contributed by atoms with Crippen LogP contribution in [0.3, 0.4) is 0 Å². The molecule has 0 aliphatic carbocycles. The SMILES string of the molecule is COc1ccc(-c2nn(-c3ccccc3)cc2/C=C\C(=O)Nc2ccc(Cl)cc2)cc1. The first-order valence-corrected chi connectivity index (χ1v) is 10.0. The van der Waals surface area contributed by atoms with Crippen molar-refractivity contribution in [3.8, 4) is 22.7 Å². The number of rotatable bonds is 6. The molecule has 0 spiro atoms. The zero-order valence-electron chi connectivity index (χ0n) is 16.8. The van der Waals surface area contributed by atoms with Gasteiger partial charge >= 0.3 is 0 Å². The zero-order valence-corrected chi connectivity index (χ0v) is 17.6. The Morgan fingerprint density at radius 1 is 1.00 bits per heavy atom. The summed E-state index contributed by atoms with van der Waals surface area (Å²) in [6.45, 7) is 0. The van der Waals surface area contributed by atoms with E-state index in [9.17, 15) is 4.79 Å². The van der Waals surface area contributed by atoms with Crippen molar-refractivity contribution >= 4 is 29.3 Å². The number of nitrogens with zero attached hydrogens (tertiary/aromatic N) is 2. The number of benzene rings is 3. The molecule has 0 aliphatic rings. The number of nitrogens with one attached hydrogen (secondary N) is 1. The molecule has 3 aromatic carbocycles. The van der Waals surface area contributed by atoms with Gasteiger partial charge < -0.3 is 10.1 Å². The first-order valence-electron chi connectivity index (χ1n) is 9.66. The zero-order chi connectivity index (χ0) is 21.6. The van der Waals surface area contributed by atoms with Gasteiger partial charge in [-0.1, -0.05) is 29.8 Å². The van der Waals surface area contributed by atoms with E-state index in [1.807, 2.05) is 60.8 Å². The topological polar surface area (TPSA) is 56.2 Å². The predicted molar refractivity (Wildman–Crippen MR) is 125 cm³/mol. The molecule has 6 heteroatoms. The molecule has 4 aromatic rings. The molecule has 1 amide bonds. The Labute approximate surface area is 185 Å². The summed E-state index contributed by atoms with van der Waals surface area (Å²) in [4.78, 5) is 12.4. The second kappa shape index (κ2) is 9.32. The van der Waals surface area contributed by atoms with E-state index in [2.05, 4.69) is 5.32 Å². The van der Waals surface area contributed by atoms with Crippen LogP contribution in [0, 0.1) is 0 Å². The average Bonchev–Trinajstić information content (AvgIpc) is 3.24. The van der Waals surface area contributed by atoms with Crippen LogP contribution >= 0.6 is 11.6 Å². The largest absolute Gasteiger partial charge is 0.497 e. The van der Waals surface area contributed by atoms with Crippen molar-refractivity contribution in [2.24, 2.45) is 0 Å². The second-order valence-corrected chi connectivity index (χ2v) is 7.21. The van der Waals surface area contributed by atoms with Crippen LogP contribution in [-0.4, -0.2) is 22.8 Å². The number of para-hydroxylation sites is 1. The molecule has 0 saturated heterocycles. The molecule has 0 saturated carbocycles. The van der Waals surface area contributed by atoms with E-state index in [1.54, 1.807) is 42.1 Å². The third kappa shape index (κ3) is 5.02. The van der Waals surface area contributed by atoms with Crippen LogP contribution in [0.2, 0.25) is 5.02 Å². The lowest BCUT2D eigenvalue weighted by atomic mass is 10.1. The van der Waals surface area contributed by atoms with E-state index < -0.39 is 0 Å². The van der Waals surface area contributed by atoms with Crippen LogP contribution in [0.4, 0.5) is 5.69 Å². The van der Waals surface area contributed by atoms with E-state index in [-0.39, 0.29) is 5.91 Å². The number of hydrogen-bond donors (Lipinski definition) is 1. The molecule has 31 heavy (non-hydrogen) atoms. The summed E-state index contributed by atoms with van der Waals surface area (Å²) in [6.07, 6.45) is 5.16. The van der Waals surface area contributed by atoms with Gasteiger partial charge in [0.25, 0.3) is 0 Å². The van der Waals surface area contributed by atoms with Crippen molar-refractivity contribution in [1.29, 1.82) is 0 Å². The standard InChI is InChI=1S/C25H20ClN3O2/c1-31-23-14-7-18(8-15-23)25-19(17-29(28-25)22-5-3-2-4-6-22)9-16-24(30)27-21-12-10-20(26)11-13-21/h2-17H,1H3,(H,27,30)/b16-9-. The van der Waals surface area contributed by atoms with Crippen molar-refractivity contribution < 1.29 is 9.53 Å². The maximum atomic E-state index is 12.4. The highest BCUT2D eigenvalue weighted by Crippen LogP contribution is 2.27. The van der Waals surface area contributed by atoms with Gasteiger partial charge in [-0.2, -0.15) is 5.10 Å². The van der Waals surface area contributed by atoms with Crippen LogP contribution < -0.4 is 10.1 Å². The van der Waals surface area contributed by atoms with Crippen molar-refractivity contribution in [3.63, 3.8) is 0 Å². The van der Waals surface area contributed by atoms with Crippen LogP contribution in [0.5, 0.6) is 5.75 Å². The molecule has 1 aromatic heterocycles. The van der Waals surface area contributed by atoms with Gasteiger partial charge in [0.2, 0.25) is 5.91 Å². The number of anilines is 1. The van der Waals surface area contributed by atoms with E-state index in [0.29, 0.717) is 10.7 Å². The number of carbonyl (C=O) groups excluding carboxylic acids is 1. The highest BCUT2D eigenvalue weighted by atomic mass is 35.5. The molecule has 4 rings (SSSR count). The van der Waals surface area contributed by atoms with Gasteiger partial charge in [-0.25, -0.2) is 4.68 Å². The minimum atomic E-state index is -0.240. The van der Waals surface area contributed by atoms with Crippen molar-refractivity contribution in [3.05, 3.63) is 102 Å². The van der Waals surface area contributed by atoms with Crippen LogP contribution in [0.25, 0.3) is 23.0 Å². The second-order valence-electron chi connectivity index (χ2n) is 6.77. The average molecular weight is 430 g/mol. The lowest BCUT2D eigenvalue weighted by molar-refractivity contribution is -0.111. The molecular weight excluding hydrogens is 410 g/mol. The van der Waals surface area contributed by atoms with Gasteiger partial charge in [-0.3, -0.25) is 4.79 Å². The number of amides is 1. The van der Waals surface area contributed by atoms with Crippen LogP contribution in [0.15, 0.2) is 91.1 Å². The summed E-state index contributed by atoms with van der Waals surface area (Å²) >= 11 is 5.89. The highest BCUT2D eigenvalue weighted by molar-refractivity contribution is 6.30. The Hall–Kier alpha value is -3.83. The quantitative estimate of drug-likeness (QED) is 0.391. The van der Waals surface area contributed by atoms with Gasteiger partial charge in [0.1, 0.15) is 5.75 Å². The van der Waals surface area contributed by atoms with Crippen molar-refractivity contribution in [2.45, 2.75) is 0 Å². The maximum Gasteiger partial charge on any atom is 0.248 e. The smallest absolute Gasteiger partial charge is 0.248 e. The number of hydrogen-bond acceptors (Lipinski definition) is 3.